The minimum atomic E-state index is -0.534. The Morgan fingerprint density at radius 3 is 2.38 bits per heavy atom. The summed E-state index contributed by atoms with van der Waals surface area (Å²) in [6.07, 6.45) is 0. The van der Waals surface area contributed by atoms with Crippen LogP contribution in [0.15, 0.2) is 33.5 Å². The van der Waals surface area contributed by atoms with Crippen LogP contribution in [0.4, 0.5) is 0 Å². The third-order valence-corrected chi connectivity index (χ3v) is 2.17. The monoisotopic (exact) mass is 218 g/mol. The molecule has 2 rings (SSSR count). The van der Waals surface area contributed by atoms with Gasteiger partial charge in [-0.1, -0.05) is 0 Å². The summed E-state index contributed by atoms with van der Waals surface area (Å²) < 4.78 is 5.93. The SMILES string of the molecule is CC(=O)c1ccc(-n2nc(C)oc2=O)cc1. The van der Waals surface area contributed by atoms with Gasteiger partial charge >= 0.3 is 5.76 Å². The average Bonchev–Trinajstić information content (AvgIpc) is 2.58. The maximum atomic E-state index is 11.3. The average molecular weight is 218 g/mol. The number of carbonyl (C=O) groups excluding carboxylic acids is 1. The molecule has 2 aromatic rings. The van der Waals surface area contributed by atoms with Crippen LogP contribution in [0.5, 0.6) is 0 Å². The molecule has 0 N–H and O–H groups in total. The zero-order valence-electron chi connectivity index (χ0n) is 8.93. The number of aryl methyl sites for hydroxylation is 1. The molecule has 0 unspecified atom stereocenters. The van der Waals surface area contributed by atoms with E-state index < -0.39 is 5.76 Å². The quantitative estimate of drug-likeness (QED) is 0.713. The molecular formula is C11H10N2O3. The van der Waals surface area contributed by atoms with Crippen molar-refractivity contribution < 1.29 is 9.21 Å². The molecule has 0 aliphatic heterocycles. The molecule has 0 fully saturated rings. The molecule has 0 spiro atoms. The van der Waals surface area contributed by atoms with E-state index in [1.807, 2.05) is 0 Å². The van der Waals surface area contributed by atoms with Gasteiger partial charge in [-0.05, 0) is 31.2 Å². The van der Waals surface area contributed by atoms with Crippen molar-refractivity contribution in [2.75, 3.05) is 0 Å². The Hall–Kier alpha value is -2.17. The van der Waals surface area contributed by atoms with Gasteiger partial charge in [-0.15, -0.1) is 5.10 Å². The summed E-state index contributed by atoms with van der Waals surface area (Å²) in [5.74, 6) is -0.246. The van der Waals surface area contributed by atoms with Crippen LogP contribution >= 0.6 is 0 Å². The van der Waals surface area contributed by atoms with Crippen molar-refractivity contribution in [1.82, 2.24) is 9.78 Å². The van der Waals surface area contributed by atoms with Crippen molar-refractivity contribution in [3.63, 3.8) is 0 Å². The van der Waals surface area contributed by atoms with E-state index in [4.69, 9.17) is 4.42 Å². The summed E-state index contributed by atoms with van der Waals surface area (Å²) in [5, 5.41) is 3.91. The van der Waals surface area contributed by atoms with E-state index in [1.54, 1.807) is 31.2 Å². The molecule has 0 saturated heterocycles. The predicted octanol–water partition coefficient (Wildman–Crippen LogP) is 1.34. The summed E-state index contributed by atoms with van der Waals surface area (Å²) in [5.41, 5.74) is 1.17. The van der Waals surface area contributed by atoms with E-state index in [2.05, 4.69) is 5.10 Å². The van der Waals surface area contributed by atoms with E-state index in [0.29, 0.717) is 17.1 Å². The summed E-state index contributed by atoms with van der Waals surface area (Å²) in [7, 11) is 0. The molecule has 0 aliphatic carbocycles. The van der Waals surface area contributed by atoms with Crippen LogP contribution in [0, 0.1) is 6.92 Å². The lowest BCUT2D eigenvalue weighted by molar-refractivity contribution is 0.101. The van der Waals surface area contributed by atoms with Crippen LogP contribution < -0.4 is 5.76 Å². The molecule has 0 bridgehead atoms. The Morgan fingerprint density at radius 1 is 1.31 bits per heavy atom. The number of aromatic nitrogens is 2. The van der Waals surface area contributed by atoms with Crippen LogP contribution in [0.3, 0.4) is 0 Å². The molecular weight excluding hydrogens is 208 g/mol. The number of hydrogen-bond donors (Lipinski definition) is 0. The van der Waals surface area contributed by atoms with Gasteiger partial charge in [-0.3, -0.25) is 4.79 Å². The van der Waals surface area contributed by atoms with Crippen molar-refractivity contribution in [2.24, 2.45) is 0 Å². The number of carbonyl (C=O) groups is 1. The Labute approximate surface area is 91.3 Å². The summed E-state index contributed by atoms with van der Waals surface area (Å²) in [4.78, 5) is 22.4. The highest BCUT2D eigenvalue weighted by Gasteiger charge is 2.07. The minimum absolute atomic E-state index is 0.0183. The van der Waals surface area contributed by atoms with Crippen molar-refractivity contribution in [3.05, 3.63) is 46.3 Å². The van der Waals surface area contributed by atoms with Gasteiger partial charge in [0.2, 0.25) is 5.89 Å². The normalized spacial score (nSPS) is 10.4. The number of ketones is 1. The number of nitrogens with zero attached hydrogens (tertiary/aromatic N) is 2. The standard InChI is InChI=1S/C11H10N2O3/c1-7(14)9-3-5-10(6-4-9)13-11(15)16-8(2)12-13/h3-6H,1-2H3. The van der Waals surface area contributed by atoms with Crippen molar-refractivity contribution in [3.8, 4) is 5.69 Å². The predicted molar refractivity (Wildman–Crippen MR) is 56.8 cm³/mol. The Morgan fingerprint density at radius 2 is 1.94 bits per heavy atom. The van der Waals surface area contributed by atoms with Gasteiger partial charge < -0.3 is 4.42 Å². The van der Waals surface area contributed by atoms with Gasteiger partial charge in [0.1, 0.15) is 0 Å². The maximum Gasteiger partial charge on any atom is 0.441 e. The molecule has 5 heteroatoms. The van der Waals surface area contributed by atoms with E-state index in [0.717, 1.165) is 4.68 Å². The molecule has 16 heavy (non-hydrogen) atoms. The maximum absolute atomic E-state index is 11.3. The second-order valence-electron chi connectivity index (χ2n) is 3.40. The van der Waals surface area contributed by atoms with Crippen LogP contribution in [0.25, 0.3) is 5.69 Å². The molecule has 82 valence electrons. The number of benzene rings is 1. The topological polar surface area (TPSA) is 65.1 Å². The zero-order valence-corrected chi connectivity index (χ0v) is 8.93. The van der Waals surface area contributed by atoms with Crippen molar-refractivity contribution in [1.29, 1.82) is 0 Å². The molecule has 1 heterocycles. The fraction of sp³-hybridized carbons (Fsp3) is 0.182. The van der Waals surface area contributed by atoms with Gasteiger partial charge in [0, 0.05) is 12.5 Å². The molecule has 1 aromatic carbocycles. The lowest BCUT2D eigenvalue weighted by Gasteiger charge is -1.99. The highest BCUT2D eigenvalue weighted by atomic mass is 16.4. The largest absolute Gasteiger partial charge is 0.441 e. The first-order valence-electron chi connectivity index (χ1n) is 4.76. The van der Waals surface area contributed by atoms with Gasteiger partial charge in [0.05, 0.1) is 5.69 Å². The Balaban J connectivity index is 2.46. The third-order valence-electron chi connectivity index (χ3n) is 2.17. The van der Waals surface area contributed by atoms with Gasteiger partial charge in [-0.2, -0.15) is 4.68 Å². The molecule has 0 aliphatic rings. The first-order chi connectivity index (χ1) is 7.58. The Kier molecular flexibility index (Phi) is 2.44. The van der Waals surface area contributed by atoms with Crippen LogP contribution in [0.2, 0.25) is 0 Å². The van der Waals surface area contributed by atoms with Crippen molar-refractivity contribution in [2.45, 2.75) is 13.8 Å². The lowest BCUT2D eigenvalue weighted by atomic mass is 10.1. The smallest absolute Gasteiger partial charge is 0.392 e. The van der Waals surface area contributed by atoms with Gasteiger partial charge in [-0.25, -0.2) is 4.79 Å². The van der Waals surface area contributed by atoms with Crippen LogP contribution in [-0.2, 0) is 0 Å². The van der Waals surface area contributed by atoms with Crippen LogP contribution in [-0.4, -0.2) is 15.6 Å². The summed E-state index contributed by atoms with van der Waals surface area (Å²) >= 11 is 0. The molecule has 0 atom stereocenters. The van der Waals surface area contributed by atoms with E-state index in [1.165, 1.54) is 6.92 Å². The zero-order chi connectivity index (χ0) is 11.7. The van der Waals surface area contributed by atoms with Crippen LogP contribution in [0.1, 0.15) is 23.2 Å². The summed E-state index contributed by atoms with van der Waals surface area (Å²) in [6, 6.07) is 6.60. The van der Waals surface area contributed by atoms with Crippen molar-refractivity contribution >= 4 is 5.78 Å². The molecule has 0 amide bonds. The number of Topliss-reactive ketones (excluding diaryl/α,β-unsaturated/α-hetero) is 1. The number of hydrogen-bond acceptors (Lipinski definition) is 4. The lowest BCUT2D eigenvalue weighted by Crippen LogP contribution is -2.13. The highest BCUT2D eigenvalue weighted by Crippen LogP contribution is 2.07. The fourth-order valence-electron chi connectivity index (χ4n) is 1.37. The molecule has 0 saturated carbocycles. The van der Waals surface area contributed by atoms with E-state index in [-0.39, 0.29) is 5.78 Å². The minimum Gasteiger partial charge on any atom is -0.392 e. The first-order valence-corrected chi connectivity index (χ1v) is 4.76. The Bertz CT molecular complexity index is 578. The fourth-order valence-corrected chi connectivity index (χ4v) is 1.37. The third kappa shape index (κ3) is 1.79. The summed E-state index contributed by atoms with van der Waals surface area (Å²) in [6.45, 7) is 3.09. The second kappa shape index (κ2) is 3.77. The highest BCUT2D eigenvalue weighted by molar-refractivity contribution is 5.94. The van der Waals surface area contributed by atoms with Gasteiger partial charge in [0.25, 0.3) is 0 Å². The molecule has 0 radical (unpaired) electrons. The number of rotatable bonds is 2. The van der Waals surface area contributed by atoms with Gasteiger partial charge in [0.15, 0.2) is 5.78 Å². The first kappa shape index (κ1) is 10.4. The van der Waals surface area contributed by atoms with E-state index in [9.17, 15) is 9.59 Å². The molecule has 5 nitrogen and oxygen atoms in total. The van der Waals surface area contributed by atoms with E-state index >= 15 is 0 Å². The molecule has 1 aromatic heterocycles. The second-order valence-corrected chi connectivity index (χ2v) is 3.40.